The number of unbranched alkanes of at least 4 members (excludes halogenated alkanes) is 1. The van der Waals surface area contributed by atoms with E-state index >= 15 is 0 Å². The van der Waals surface area contributed by atoms with Crippen LogP contribution in [-0.2, 0) is 6.54 Å². The van der Waals surface area contributed by atoms with Crippen LogP contribution in [0.3, 0.4) is 0 Å². The normalized spacial score (nSPS) is 42.8. The number of nitrogens with one attached hydrogen (secondary N) is 2. The fraction of sp³-hybridized carbons (Fsp3) is 0.839. The Morgan fingerprint density at radius 1 is 0.971 bits per heavy atom. The molecular weight excluding hydrogens is 430 g/mol. The molecule has 4 saturated carbocycles. The van der Waals surface area contributed by atoms with Gasteiger partial charge in [-0.3, -0.25) is 4.98 Å². The van der Waals surface area contributed by atoms with Crippen molar-refractivity contribution in [2.24, 2.45) is 40.4 Å². The van der Waals surface area contributed by atoms with Gasteiger partial charge in [-0.05, 0) is 130 Å². The van der Waals surface area contributed by atoms with E-state index in [0.29, 0.717) is 28.7 Å². The standard InChI is InChI=1S/C31H51N3O/c1-4-22-10-11-26-29-27(13-15-30(22,26)2)31(3)14-12-24(19-23(31)20-28(29)35)33-18-8-7-16-32-21-25-9-5-6-17-34-25/h5-6,9,17,22-24,26-29,32-33,35H,4,7-8,10-16,18-21H2,1-3H3/t22-,23-,24+,26-,27-,28+,29-,30+,31-/m0/s1. The lowest BCUT2D eigenvalue weighted by Gasteiger charge is -2.62. The maximum atomic E-state index is 11.5. The Balaban J connectivity index is 1.08. The topological polar surface area (TPSA) is 57.2 Å². The summed E-state index contributed by atoms with van der Waals surface area (Å²) in [6.45, 7) is 10.6. The van der Waals surface area contributed by atoms with Crippen LogP contribution in [0.2, 0.25) is 0 Å². The van der Waals surface area contributed by atoms with Crippen LogP contribution in [0.5, 0.6) is 0 Å². The Kier molecular flexibility index (Phi) is 7.92. The molecule has 0 radical (unpaired) electrons. The van der Waals surface area contributed by atoms with Gasteiger partial charge in [0, 0.05) is 18.8 Å². The molecule has 9 atom stereocenters. The van der Waals surface area contributed by atoms with Gasteiger partial charge in [-0.1, -0.05) is 33.3 Å². The lowest BCUT2D eigenvalue weighted by atomic mass is 9.44. The monoisotopic (exact) mass is 481 g/mol. The first-order valence-corrected chi connectivity index (χ1v) is 15.0. The van der Waals surface area contributed by atoms with E-state index in [4.69, 9.17) is 0 Å². The van der Waals surface area contributed by atoms with Crippen LogP contribution in [0.1, 0.15) is 97.1 Å². The van der Waals surface area contributed by atoms with Crippen molar-refractivity contribution in [2.45, 2.75) is 110 Å². The predicted octanol–water partition coefficient (Wildman–Crippen LogP) is 5.95. The van der Waals surface area contributed by atoms with Gasteiger partial charge in [0.15, 0.2) is 0 Å². The molecule has 0 saturated heterocycles. The molecule has 1 aromatic heterocycles. The summed E-state index contributed by atoms with van der Waals surface area (Å²) in [5, 5.41) is 18.9. The lowest BCUT2D eigenvalue weighted by Crippen LogP contribution is -2.59. The van der Waals surface area contributed by atoms with Gasteiger partial charge < -0.3 is 15.7 Å². The Bertz CT molecular complexity index is 817. The van der Waals surface area contributed by atoms with E-state index in [9.17, 15) is 5.11 Å². The number of aliphatic hydroxyl groups excluding tert-OH is 1. The van der Waals surface area contributed by atoms with Gasteiger partial charge in [-0.25, -0.2) is 0 Å². The van der Waals surface area contributed by atoms with Crippen LogP contribution in [0.25, 0.3) is 0 Å². The van der Waals surface area contributed by atoms with Crippen molar-refractivity contribution in [1.82, 2.24) is 15.6 Å². The van der Waals surface area contributed by atoms with E-state index in [2.05, 4.69) is 48.5 Å². The molecule has 4 aliphatic carbocycles. The van der Waals surface area contributed by atoms with Crippen LogP contribution in [-0.4, -0.2) is 35.3 Å². The molecule has 0 aliphatic heterocycles. The number of aliphatic hydroxyl groups is 1. The second-order valence-corrected chi connectivity index (χ2v) is 13.2. The van der Waals surface area contributed by atoms with E-state index in [1.807, 2.05) is 12.3 Å². The summed E-state index contributed by atoms with van der Waals surface area (Å²) in [5.41, 5.74) is 2.06. The van der Waals surface area contributed by atoms with Crippen molar-refractivity contribution >= 4 is 0 Å². The van der Waals surface area contributed by atoms with E-state index in [0.717, 1.165) is 49.5 Å². The summed E-state index contributed by atoms with van der Waals surface area (Å²) in [4.78, 5) is 4.38. The molecule has 4 aliphatic rings. The smallest absolute Gasteiger partial charge is 0.0577 e. The molecule has 0 unspecified atom stereocenters. The molecule has 4 fully saturated rings. The molecule has 3 N–H and O–H groups in total. The maximum Gasteiger partial charge on any atom is 0.0577 e. The zero-order valence-electron chi connectivity index (χ0n) is 22.6. The first-order chi connectivity index (χ1) is 17.0. The SMILES string of the molecule is CC[C@H]1CC[C@H]2[C@@H]3[C@H](O)C[C@@H]4C[C@H](NCCCCNCc5ccccn5)CC[C@]4(C)[C@H]3CC[C@]12C. The maximum absolute atomic E-state index is 11.5. The van der Waals surface area contributed by atoms with Crippen molar-refractivity contribution in [2.75, 3.05) is 13.1 Å². The highest BCUT2D eigenvalue weighted by atomic mass is 16.3. The van der Waals surface area contributed by atoms with Gasteiger partial charge >= 0.3 is 0 Å². The summed E-state index contributed by atoms with van der Waals surface area (Å²) >= 11 is 0. The third-order valence-corrected chi connectivity index (χ3v) is 11.6. The predicted molar refractivity (Wildman–Crippen MR) is 144 cm³/mol. The molecule has 0 amide bonds. The second-order valence-electron chi connectivity index (χ2n) is 13.2. The van der Waals surface area contributed by atoms with Crippen LogP contribution in [0, 0.1) is 40.4 Å². The molecule has 5 rings (SSSR count). The van der Waals surface area contributed by atoms with Crippen LogP contribution in [0.15, 0.2) is 24.4 Å². The quantitative estimate of drug-likeness (QED) is 0.382. The number of hydrogen-bond acceptors (Lipinski definition) is 4. The second kappa shape index (κ2) is 10.8. The summed E-state index contributed by atoms with van der Waals surface area (Å²) in [6.07, 6.45) is 16.1. The summed E-state index contributed by atoms with van der Waals surface area (Å²) in [5.74, 6) is 3.65. The minimum absolute atomic E-state index is 0.0674. The van der Waals surface area contributed by atoms with Gasteiger partial charge in [0.25, 0.3) is 0 Å². The first-order valence-electron chi connectivity index (χ1n) is 15.0. The number of nitrogens with zero attached hydrogens (tertiary/aromatic N) is 1. The van der Waals surface area contributed by atoms with Crippen LogP contribution < -0.4 is 10.6 Å². The van der Waals surface area contributed by atoms with Crippen LogP contribution in [0.4, 0.5) is 0 Å². The van der Waals surface area contributed by atoms with Gasteiger partial charge in [-0.2, -0.15) is 0 Å². The summed E-state index contributed by atoms with van der Waals surface area (Å²) in [6, 6.07) is 6.74. The first kappa shape index (κ1) is 25.7. The highest BCUT2D eigenvalue weighted by Gasteiger charge is 2.62. The van der Waals surface area contributed by atoms with E-state index in [1.54, 1.807) is 0 Å². The third-order valence-electron chi connectivity index (χ3n) is 11.6. The molecule has 1 heterocycles. The highest BCUT2D eigenvalue weighted by molar-refractivity contribution is 5.11. The van der Waals surface area contributed by atoms with Crippen molar-refractivity contribution < 1.29 is 5.11 Å². The Hall–Kier alpha value is -0.970. The number of fused-ring (bicyclic) bond motifs is 5. The highest BCUT2D eigenvalue weighted by Crippen LogP contribution is 2.67. The average molecular weight is 482 g/mol. The van der Waals surface area contributed by atoms with E-state index in [-0.39, 0.29) is 6.10 Å². The summed E-state index contributed by atoms with van der Waals surface area (Å²) in [7, 11) is 0. The van der Waals surface area contributed by atoms with E-state index in [1.165, 1.54) is 64.2 Å². The summed E-state index contributed by atoms with van der Waals surface area (Å²) < 4.78 is 0. The van der Waals surface area contributed by atoms with Crippen molar-refractivity contribution in [1.29, 1.82) is 0 Å². The zero-order valence-corrected chi connectivity index (χ0v) is 22.6. The van der Waals surface area contributed by atoms with Crippen molar-refractivity contribution in [3.63, 3.8) is 0 Å². The molecule has 0 bridgehead atoms. The van der Waals surface area contributed by atoms with Crippen molar-refractivity contribution in [3.05, 3.63) is 30.1 Å². The molecule has 196 valence electrons. The average Bonchev–Trinajstić information content (AvgIpc) is 3.21. The number of rotatable bonds is 9. The molecule has 0 spiro atoms. The minimum Gasteiger partial charge on any atom is -0.393 e. The molecule has 0 aromatic carbocycles. The number of pyridine rings is 1. The molecule has 4 heteroatoms. The zero-order chi connectivity index (χ0) is 24.5. The molecule has 4 nitrogen and oxygen atoms in total. The fourth-order valence-electron chi connectivity index (χ4n) is 9.59. The Morgan fingerprint density at radius 2 is 1.77 bits per heavy atom. The largest absolute Gasteiger partial charge is 0.393 e. The van der Waals surface area contributed by atoms with E-state index < -0.39 is 0 Å². The van der Waals surface area contributed by atoms with Gasteiger partial charge in [-0.15, -0.1) is 0 Å². The lowest BCUT2D eigenvalue weighted by molar-refractivity contribution is -0.165. The third kappa shape index (κ3) is 4.97. The van der Waals surface area contributed by atoms with Gasteiger partial charge in [0.05, 0.1) is 11.8 Å². The fourth-order valence-corrected chi connectivity index (χ4v) is 9.59. The molecular formula is C31H51N3O. The van der Waals surface area contributed by atoms with Crippen molar-refractivity contribution in [3.8, 4) is 0 Å². The van der Waals surface area contributed by atoms with Gasteiger partial charge in [0.2, 0.25) is 0 Å². The van der Waals surface area contributed by atoms with Crippen LogP contribution >= 0.6 is 0 Å². The molecule has 1 aromatic rings. The minimum atomic E-state index is -0.0674. The number of hydrogen-bond donors (Lipinski definition) is 3. The van der Waals surface area contributed by atoms with Gasteiger partial charge in [0.1, 0.15) is 0 Å². The Labute approximate surface area is 214 Å². The Morgan fingerprint density at radius 3 is 2.57 bits per heavy atom. The molecule has 35 heavy (non-hydrogen) atoms. The number of aromatic nitrogens is 1.